The number of nitrogens with zero attached hydrogens (tertiary/aromatic N) is 2. The summed E-state index contributed by atoms with van der Waals surface area (Å²) in [6.07, 6.45) is 5.85. The number of likely N-dealkylation sites (tertiary alicyclic amines) is 1. The summed E-state index contributed by atoms with van der Waals surface area (Å²) >= 11 is 3.36. The van der Waals surface area contributed by atoms with E-state index in [1.165, 1.54) is 19.3 Å². The average Bonchev–Trinajstić information content (AvgIpc) is 2.42. The average molecular weight is 325 g/mol. The second-order valence-electron chi connectivity index (χ2n) is 5.67. The minimum absolute atomic E-state index is 0.254. The monoisotopic (exact) mass is 324 g/mol. The lowest BCUT2D eigenvalue weighted by Gasteiger charge is -2.39. The zero-order chi connectivity index (χ0) is 13.9. The third-order valence-corrected chi connectivity index (χ3v) is 4.43. The van der Waals surface area contributed by atoms with Gasteiger partial charge in [0.1, 0.15) is 0 Å². The third-order valence-electron chi connectivity index (χ3n) is 3.96. The molecule has 0 bridgehead atoms. The van der Waals surface area contributed by atoms with Crippen molar-refractivity contribution >= 4 is 21.7 Å². The summed E-state index contributed by atoms with van der Waals surface area (Å²) in [5.74, 6) is 0.254. The van der Waals surface area contributed by atoms with Crippen molar-refractivity contribution in [2.45, 2.75) is 45.1 Å². The fraction of sp³-hybridized carbons (Fsp3) is 0.600. The predicted molar refractivity (Wildman–Crippen MR) is 80.2 cm³/mol. The molecule has 0 aliphatic carbocycles. The van der Waals surface area contributed by atoms with E-state index in [0.717, 1.165) is 23.3 Å². The first-order valence-corrected chi connectivity index (χ1v) is 7.68. The molecule has 0 spiro atoms. The number of piperidine rings is 1. The van der Waals surface area contributed by atoms with Gasteiger partial charge in [0.25, 0.3) is 0 Å². The Morgan fingerprint density at radius 1 is 1.32 bits per heavy atom. The van der Waals surface area contributed by atoms with E-state index in [-0.39, 0.29) is 11.3 Å². The van der Waals surface area contributed by atoms with Gasteiger partial charge in [-0.15, -0.1) is 0 Å². The number of ketones is 1. The van der Waals surface area contributed by atoms with Crippen molar-refractivity contribution in [3.8, 4) is 0 Å². The lowest BCUT2D eigenvalue weighted by Crippen LogP contribution is -2.52. The summed E-state index contributed by atoms with van der Waals surface area (Å²) in [7, 11) is 0. The molecule has 1 aliphatic heterocycles. The maximum Gasteiger partial charge on any atom is 0.158 e. The maximum absolute atomic E-state index is 12.5. The number of carbonyl (C=O) groups excluding carboxylic acids is 1. The molecule has 0 radical (unpaired) electrons. The minimum Gasteiger partial charge on any atom is -0.297 e. The highest BCUT2D eigenvalue weighted by Gasteiger charge is 2.34. The standard InChI is InChI=1S/C15H21BrN2O/c1-15(2,18-8-4-3-5-9-18)14(19)10-13-7-6-12(16)11-17-13/h6-7,11H,3-5,8-10H2,1-2H3. The quantitative estimate of drug-likeness (QED) is 0.852. The van der Waals surface area contributed by atoms with Gasteiger partial charge in [0.15, 0.2) is 5.78 Å². The van der Waals surface area contributed by atoms with E-state index in [1.807, 2.05) is 26.0 Å². The Kier molecular flexibility index (Phi) is 4.74. The van der Waals surface area contributed by atoms with Gasteiger partial charge in [-0.05, 0) is 67.8 Å². The van der Waals surface area contributed by atoms with Gasteiger partial charge in [-0.2, -0.15) is 0 Å². The molecule has 0 N–H and O–H groups in total. The van der Waals surface area contributed by atoms with E-state index in [4.69, 9.17) is 0 Å². The third kappa shape index (κ3) is 3.63. The fourth-order valence-electron chi connectivity index (χ4n) is 2.52. The van der Waals surface area contributed by atoms with Crippen LogP contribution in [0.5, 0.6) is 0 Å². The number of hydrogen-bond donors (Lipinski definition) is 0. The van der Waals surface area contributed by atoms with Gasteiger partial charge < -0.3 is 0 Å². The van der Waals surface area contributed by atoms with E-state index in [2.05, 4.69) is 25.8 Å². The topological polar surface area (TPSA) is 33.2 Å². The molecule has 4 heteroatoms. The van der Waals surface area contributed by atoms with Crippen LogP contribution in [-0.2, 0) is 11.2 Å². The van der Waals surface area contributed by atoms with Gasteiger partial charge in [-0.25, -0.2) is 0 Å². The molecule has 0 atom stereocenters. The van der Waals surface area contributed by atoms with Gasteiger partial charge in [0, 0.05) is 16.4 Å². The maximum atomic E-state index is 12.5. The Morgan fingerprint density at radius 3 is 2.58 bits per heavy atom. The van der Waals surface area contributed by atoms with Crippen LogP contribution >= 0.6 is 15.9 Å². The van der Waals surface area contributed by atoms with Crippen molar-refractivity contribution in [2.75, 3.05) is 13.1 Å². The molecule has 2 heterocycles. The van der Waals surface area contributed by atoms with Crippen LogP contribution in [0.1, 0.15) is 38.8 Å². The number of hydrogen-bond acceptors (Lipinski definition) is 3. The Morgan fingerprint density at radius 2 is 2.00 bits per heavy atom. The number of carbonyl (C=O) groups is 1. The summed E-state index contributed by atoms with van der Waals surface area (Å²) < 4.78 is 0.944. The van der Waals surface area contributed by atoms with Gasteiger partial charge in [-0.3, -0.25) is 14.7 Å². The molecule has 0 amide bonds. The van der Waals surface area contributed by atoms with E-state index < -0.39 is 0 Å². The molecule has 3 nitrogen and oxygen atoms in total. The number of Topliss-reactive ketones (excluding diaryl/α,β-unsaturated/α-hetero) is 1. The van der Waals surface area contributed by atoms with Gasteiger partial charge in [0.05, 0.1) is 12.0 Å². The van der Waals surface area contributed by atoms with Crippen molar-refractivity contribution in [1.29, 1.82) is 0 Å². The highest BCUT2D eigenvalue weighted by molar-refractivity contribution is 9.10. The minimum atomic E-state index is -0.380. The number of halogens is 1. The molecule has 1 fully saturated rings. The molecule has 1 aromatic heterocycles. The van der Waals surface area contributed by atoms with Crippen LogP contribution in [0.25, 0.3) is 0 Å². The largest absolute Gasteiger partial charge is 0.297 e. The Labute approximate surface area is 123 Å². The van der Waals surface area contributed by atoms with Crippen LogP contribution < -0.4 is 0 Å². The summed E-state index contributed by atoms with van der Waals surface area (Å²) in [6.45, 7) is 6.15. The fourth-order valence-corrected chi connectivity index (χ4v) is 2.76. The van der Waals surface area contributed by atoms with E-state index >= 15 is 0 Å². The van der Waals surface area contributed by atoms with Crippen LogP contribution in [0, 0.1) is 0 Å². The highest BCUT2D eigenvalue weighted by atomic mass is 79.9. The number of aromatic nitrogens is 1. The van der Waals surface area contributed by atoms with Crippen molar-refractivity contribution < 1.29 is 4.79 Å². The molecule has 104 valence electrons. The van der Waals surface area contributed by atoms with Crippen LogP contribution in [-0.4, -0.2) is 34.3 Å². The van der Waals surface area contributed by atoms with Crippen molar-refractivity contribution in [2.24, 2.45) is 0 Å². The van der Waals surface area contributed by atoms with Gasteiger partial charge >= 0.3 is 0 Å². The van der Waals surface area contributed by atoms with Crippen LogP contribution in [0.4, 0.5) is 0 Å². The Hall–Kier alpha value is -0.740. The molecule has 19 heavy (non-hydrogen) atoms. The zero-order valence-corrected chi connectivity index (χ0v) is 13.2. The normalized spacial score (nSPS) is 17.4. The molecular weight excluding hydrogens is 304 g/mol. The van der Waals surface area contributed by atoms with Crippen molar-refractivity contribution in [1.82, 2.24) is 9.88 Å². The van der Waals surface area contributed by atoms with E-state index in [1.54, 1.807) is 6.20 Å². The predicted octanol–water partition coefficient (Wildman–Crippen LogP) is 3.22. The first-order chi connectivity index (χ1) is 9.00. The SMILES string of the molecule is CC(C)(C(=O)Cc1ccc(Br)cn1)N1CCCCC1. The van der Waals surface area contributed by atoms with Gasteiger partial charge in [-0.1, -0.05) is 6.42 Å². The lowest BCUT2D eigenvalue weighted by molar-refractivity contribution is -0.129. The molecule has 1 aromatic rings. The number of rotatable bonds is 4. The first-order valence-electron chi connectivity index (χ1n) is 6.89. The zero-order valence-electron chi connectivity index (χ0n) is 11.7. The summed E-state index contributed by atoms with van der Waals surface area (Å²) in [4.78, 5) is 19.1. The molecular formula is C15H21BrN2O. The second kappa shape index (κ2) is 6.14. The molecule has 0 aromatic carbocycles. The van der Waals surface area contributed by atoms with E-state index in [9.17, 15) is 4.79 Å². The smallest absolute Gasteiger partial charge is 0.158 e. The van der Waals surface area contributed by atoms with E-state index in [0.29, 0.717) is 6.42 Å². The highest BCUT2D eigenvalue weighted by Crippen LogP contribution is 2.23. The summed E-state index contributed by atoms with van der Waals surface area (Å²) in [6, 6.07) is 3.85. The van der Waals surface area contributed by atoms with Crippen LogP contribution in [0.3, 0.4) is 0 Å². The van der Waals surface area contributed by atoms with Crippen molar-refractivity contribution in [3.05, 3.63) is 28.5 Å². The summed E-state index contributed by atoms with van der Waals surface area (Å²) in [5.41, 5.74) is 0.466. The molecule has 2 rings (SSSR count). The van der Waals surface area contributed by atoms with Crippen LogP contribution in [0.2, 0.25) is 0 Å². The summed E-state index contributed by atoms with van der Waals surface area (Å²) in [5, 5.41) is 0. The second-order valence-corrected chi connectivity index (χ2v) is 6.59. The van der Waals surface area contributed by atoms with Gasteiger partial charge in [0.2, 0.25) is 0 Å². The molecule has 1 saturated heterocycles. The first kappa shape index (κ1) is 14.7. The molecule has 0 unspecified atom stereocenters. The van der Waals surface area contributed by atoms with Crippen LogP contribution in [0.15, 0.2) is 22.8 Å². The lowest BCUT2D eigenvalue weighted by atomic mass is 9.91. The van der Waals surface area contributed by atoms with Crippen molar-refractivity contribution in [3.63, 3.8) is 0 Å². The Bertz CT molecular complexity index is 436. The molecule has 1 aliphatic rings. The number of pyridine rings is 1. The molecule has 0 saturated carbocycles. The Balaban J connectivity index is 2.03.